The average molecular weight is 328 g/mol. The maximum absolute atomic E-state index is 12.2. The summed E-state index contributed by atoms with van der Waals surface area (Å²) in [5.74, 6) is -1.19. The van der Waals surface area contributed by atoms with Gasteiger partial charge in [0.25, 0.3) is 10.0 Å². The highest BCUT2D eigenvalue weighted by Gasteiger charge is 2.23. The Labute approximate surface area is 123 Å². The maximum Gasteiger partial charge on any atom is 0.348 e. The van der Waals surface area contributed by atoms with Crippen LogP contribution in [0, 0.1) is 18.3 Å². The molecule has 6 nitrogen and oxygen atoms in total. The van der Waals surface area contributed by atoms with Crippen molar-refractivity contribution >= 4 is 44.4 Å². The summed E-state index contributed by atoms with van der Waals surface area (Å²) >= 11 is 1.78. The normalized spacial score (nSPS) is 11.0. The molecule has 2 aromatic rings. The molecule has 0 aliphatic rings. The van der Waals surface area contributed by atoms with Crippen molar-refractivity contribution in [3.8, 4) is 6.07 Å². The third-order valence-electron chi connectivity index (χ3n) is 2.36. The minimum Gasteiger partial charge on any atom is -0.477 e. The van der Waals surface area contributed by atoms with Gasteiger partial charge >= 0.3 is 5.97 Å². The molecule has 9 heteroatoms. The van der Waals surface area contributed by atoms with Crippen LogP contribution in [-0.2, 0) is 10.0 Å². The van der Waals surface area contributed by atoms with Crippen LogP contribution in [0.1, 0.15) is 20.1 Å². The van der Waals surface area contributed by atoms with E-state index in [0.29, 0.717) is 5.56 Å². The number of aryl methyl sites for hydroxylation is 1. The number of carboxylic acid groups (broad SMARTS) is 1. The van der Waals surface area contributed by atoms with Gasteiger partial charge in [0.1, 0.15) is 20.0 Å². The van der Waals surface area contributed by atoms with E-state index in [2.05, 4.69) is 4.72 Å². The molecule has 2 N–H and O–H groups in total. The third kappa shape index (κ3) is 2.67. The first-order valence-corrected chi connectivity index (χ1v) is 8.37. The van der Waals surface area contributed by atoms with Gasteiger partial charge in [-0.3, -0.25) is 4.72 Å². The van der Waals surface area contributed by atoms with Gasteiger partial charge in [0.05, 0.1) is 5.69 Å². The van der Waals surface area contributed by atoms with Gasteiger partial charge in [-0.2, -0.15) is 5.26 Å². The molecule has 2 heterocycles. The minimum atomic E-state index is -3.89. The summed E-state index contributed by atoms with van der Waals surface area (Å²) in [7, 11) is -3.89. The monoisotopic (exact) mass is 328 g/mol. The summed E-state index contributed by atoms with van der Waals surface area (Å²) in [5, 5.41) is 19.3. The van der Waals surface area contributed by atoms with Crippen molar-refractivity contribution in [1.29, 1.82) is 5.26 Å². The Kier molecular flexibility index (Phi) is 3.80. The van der Waals surface area contributed by atoms with Crippen molar-refractivity contribution in [3.05, 3.63) is 32.8 Å². The van der Waals surface area contributed by atoms with Gasteiger partial charge < -0.3 is 5.11 Å². The van der Waals surface area contributed by atoms with Crippen LogP contribution in [0.3, 0.4) is 0 Å². The molecule has 20 heavy (non-hydrogen) atoms. The molecule has 0 unspecified atom stereocenters. The number of thiophene rings is 2. The first kappa shape index (κ1) is 14.5. The lowest BCUT2D eigenvalue weighted by Crippen LogP contribution is -2.13. The van der Waals surface area contributed by atoms with Crippen LogP contribution < -0.4 is 4.72 Å². The van der Waals surface area contributed by atoms with Crippen LogP contribution in [0.15, 0.2) is 21.7 Å². The fraction of sp³-hybridized carbons (Fsp3) is 0.0909. The minimum absolute atomic E-state index is 0.0315. The molecule has 0 aromatic carbocycles. The van der Waals surface area contributed by atoms with E-state index in [9.17, 15) is 13.2 Å². The van der Waals surface area contributed by atoms with Gasteiger partial charge in [0, 0.05) is 0 Å². The standard InChI is InChI=1S/C11H8N2O4S3/c1-6-5-18-10(11(14)15)9(6)13-20(16,17)8-3-2-7(4-12)19-8/h2-3,5,13H,1H3,(H,14,15). The Morgan fingerprint density at radius 1 is 1.45 bits per heavy atom. The number of nitrogens with zero attached hydrogens (tertiary/aromatic N) is 1. The zero-order chi connectivity index (χ0) is 14.9. The largest absolute Gasteiger partial charge is 0.477 e. The molecule has 0 saturated heterocycles. The Bertz CT molecular complexity index is 811. The van der Waals surface area contributed by atoms with Gasteiger partial charge in [-0.25, -0.2) is 13.2 Å². The predicted molar refractivity (Wildman–Crippen MR) is 75.9 cm³/mol. The number of nitriles is 1. The van der Waals surface area contributed by atoms with Crippen LogP contribution in [0.4, 0.5) is 5.69 Å². The fourth-order valence-corrected chi connectivity index (χ4v) is 4.59. The van der Waals surface area contributed by atoms with E-state index in [0.717, 1.165) is 22.7 Å². The van der Waals surface area contributed by atoms with Crippen molar-refractivity contribution < 1.29 is 18.3 Å². The van der Waals surface area contributed by atoms with Crippen molar-refractivity contribution in [2.24, 2.45) is 0 Å². The van der Waals surface area contributed by atoms with Crippen molar-refractivity contribution in [1.82, 2.24) is 0 Å². The molecule has 104 valence electrons. The van der Waals surface area contributed by atoms with Gasteiger partial charge in [-0.1, -0.05) is 0 Å². The van der Waals surface area contributed by atoms with Gasteiger partial charge in [0.2, 0.25) is 0 Å². The van der Waals surface area contributed by atoms with Crippen LogP contribution in [0.25, 0.3) is 0 Å². The highest BCUT2D eigenvalue weighted by Crippen LogP contribution is 2.31. The molecule has 0 fully saturated rings. The lowest BCUT2D eigenvalue weighted by atomic mass is 10.3. The van der Waals surface area contributed by atoms with E-state index in [1.165, 1.54) is 12.1 Å². The highest BCUT2D eigenvalue weighted by molar-refractivity contribution is 7.94. The highest BCUT2D eigenvalue weighted by atomic mass is 32.2. The second-order valence-corrected chi connectivity index (χ2v) is 7.64. The molecule has 2 aromatic heterocycles. The smallest absolute Gasteiger partial charge is 0.348 e. The number of hydrogen-bond acceptors (Lipinski definition) is 6. The number of anilines is 1. The summed E-state index contributed by atoms with van der Waals surface area (Å²) in [5.41, 5.74) is 0.599. The Morgan fingerprint density at radius 3 is 2.70 bits per heavy atom. The summed E-state index contributed by atoms with van der Waals surface area (Å²) in [4.78, 5) is 11.2. The predicted octanol–water partition coefficient (Wildman–Crippen LogP) is 2.49. The second kappa shape index (κ2) is 5.24. The number of aromatic carboxylic acids is 1. The molecule has 2 rings (SSSR count). The Balaban J connectivity index is 2.41. The molecule has 0 atom stereocenters. The quantitative estimate of drug-likeness (QED) is 0.896. The average Bonchev–Trinajstić information content (AvgIpc) is 2.97. The Morgan fingerprint density at radius 2 is 2.15 bits per heavy atom. The van der Waals surface area contributed by atoms with Crippen LogP contribution in [0.5, 0.6) is 0 Å². The summed E-state index contributed by atoms with van der Waals surface area (Å²) in [6.07, 6.45) is 0. The molecule has 0 aliphatic heterocycles. The van der Waals surface area contributed by atoms with Crippen molar-refractivity contribution in [2.75, 3.05) is 4.72 Å². The zero-order valence-electron chi connectivity index (χ0n) is 10.1. The maximum atomic E-state index is 12.2. The molecular weight excluding hydrogens is 320 g/mol. The number of carbonyl (C=O) groups is 1. The number of rotatable bonds is 4. The molecular formula is C11H8N2O4S3. The summed E-state index contributed by atoms with van der Waals surface area (Å²) < 4.78 is 26.6. The van der Waals surface area contributed by atoms with Crippen molar-refractivity contribution in [2.45, 2.75) is 11.1 Å². The van der Waals surface area contributed by atoms with Crippen molar-refractivity contribution in [3.63, 3.8) is 0 Å². The van der Waals surface area contributed by atoms with E-state index >= 15 is 0 Å². The molecule has 0 saturated carbocycles. The van der Waals surface area contributed by atoms with Gasteiger partial charge in [-0.05, 0) is 30.0 Å². The Hall–Kier alpha value is -1.89. The second-order valence-electron chi connectivity index (χ2n) is 3.76. The first-order chi connectivity index (χ1) is 9.35. The van der Waals surface area contributed by atoms with E-state index in [1.54, 1.807) is 12.3 Å². The molecule has 0 amide bonds. The summed E-state index contributed by atoms with van der Waals surface area (Å²) in [6, 6.07) is 4.57. The van der Waals surface area contributed by atoms with Crippen LogP contribution in [0.2, 0.25) is 0 Å². The van der Waals surface area contributed by atoms with E-state index in [4.69, 9.17) is 10.4 Å². The number of carboxylic acids is 1. The number of hydrogen-bond donors (Lipinski definition) is 2. The van der Waals surface area contributed by atoms with Gasteiger partial charge in [0.15, 0.2) is 0 Å². The van der Waals surface area contributed by atoms with Gasteiger partial charge in [-0.15, -0.1) is 22.7 Å². The third-order valence-corrected chi connectivity index (χ3v) is 6.28. The topological polar surface area (TPSA) is 107 Å². The molecule has 0 bridgehead atoms. The van der Waals surface area contributed by atoms with Crippen LogP contribution in [-0.4, -0.2) is 19.5 Å². The number of sulfonamides is 1. The lowest BCUT2D eigenvalue weighted by Gasteiger charge is -2.07. The first-order valence-electron chi connectivity index (χ1n) is 5.19. The molecule has 0 radical (unpaired) electrons. The van der Waals surface area contributed by atoms with E-state index in [-0.39, 0.29) is 19.7 Å². The fourth-order valence-electron chi connectivity index (χ4n) is 1.44. The van der Waals surface area contributed by atoms with Crippen LogP contribution >= 0.6 is 22.7 Å². The summed E-state index contributed by atoms with van der Waals surface area (Å²) in [6.45, 7) is 1.62. The molecule has 0 spiro atoms. The molecule has 0 aliphatic carbocycles. The lowest BCUT2D eigenvalue weighted by molar-refractivity contribution is 0.0703. The number of nitrogens with one attached hydrogen (secondary N) is 1. The van der Waals surface area contributed by atoms with E-state index < -0.39 is 16.0 Å². The van der Waals surface area contributed by atoms with E-state index in [1.807, 2.05) is 6.07 Å². The SMILES string of the molecule is Cc1csc(C(=O)O)c1NS(=O)(=O)c1ccc(C#N)s1. The zero-order valence-corrected chi connectivity index (χ0v) is 12.5.